The number of benzene rings is 2. The molecule has 2 aromatic carbocycles. The molecule has 4 atom stereocenters. The lowest BCUT2D eigenvalue weighted by Crippen LogP contribution is -2.39. The molecule has 246 valence electrons. The Morgan fingerprint density at radius 2 is 1.48 bits per heavy atom. The molecule has 3 N–H and O–H groups in total. The van der Waals surface area contributed by atoms with Crippen molar-refractivity contribution in [3.8, 4) is 0 Å². The Kier molecular flexibility index (Phi) is 9.22. The number of carbonyl (C=O) groups excluding carboxylic acids is 3. The van der Waals surface area contributed by atoms with E-state index in [1.165, 1.54) is 0 Å². The van der Waals surface area contributed by atoms with Crippen LogP contribution in [0.3, 0.4) is 0 Å². The van der Waals surface area contributed by atoms with Gasteiger partial charge in [0.15, 0.2) is 6.04 Å². The molecule has 2 aliphatic heterocycles. The van der Waals surface area contributed by atoms with Gasteiger partial charge < -0.3 is 20.6 Å². The van der Waals surface area contributed by atoms with Gasteiger partial charge in [-0.3, -0.25) is 14.4 Å². The third-order valence-corrected chi connectivity index (χ3v) is 10.2. The topological polar surface area (TPSA) is 102 Å². The normalized spacial score (nSPS) is 21.4. The van der Waals surface area contributed by atoms with Crippen molar-refractivity contribution >= 4 is 45.8 Å². The van der Waals surface area contributed by atoms with Crippen molar-refractivity contribution in [1.29, 1.82) is 0 Å². The fourth-order valence-electron chi connectivity index (χ4n) is 7.36. The smallest absolute Gasteiger partial charge is 0.227 e. The largest absolute Gasteiger partial charge is 0.506 e. The molecule has 8 nitrogen and oxygen atoms in total. The highest BCUT2D eigenvalue weighted by molar-refractivity contribution is 6.52. The molecule has 0 spiro atoms. The summed E-state index contributed by atoms with van der Waals surface area (Å²) >= 11 is 0. The average molecular weight is 628 g/mol. The number of anilines is 3. The van der Waals surface area contributed by atoms with Gasteiger partial charge in [0.1, 0.15) is 11.8 Å². The number of ketones is 1. The summed E-state index contributed by atoms with van der Waals surface area (Å²) in [4.78, 5) is 42.8. The van der Waals surface area contributed by atoms with Crippen LogP contribution >= 0.6 is 0 Å². The highest BCUT2D eigenvalue weighted by Gasteiger charge is 2.40. The summed E-state index contributed by atoms with van der Waals surface area (Å²) in [6, 6.07) is 8.92. The second-order valence-electron chi connectivity index (χ2n) is 14.2. The van der Waals surface area contributed by atoms with Crippen molar-refractivity contribution in [1.82, 2.24) is 4.58 Å². The molecule has 0 saturated heterocycles. The van der Waals surface area contributed by atoms with Crippen LogP contribution in [0.4, 0.5) is 17.1 Å². The molecular formula is C38H51N4O4+. The van der Waals surface area contributed by atoms with Crippen molar-refractivity contribution in [2.24, 2.45) is 11.8 Å². The zero-order valence-electron chi connectivity index (χ0n) is 29.2. The predicted molar refractivity (Wildman–Crippen MR) is 187 cm³/mol. The quantitative estimate of drug-likeness (QED) is 0.325. The van der Waals surface area contributed by atoms with Gasteiger partial charge in [-0.15, -0.1) is 0 Å². The third kappa shape index (κ3) is 5.64. The number of rotatable bonds is 9. The summed E-state index contributed by atoms with van der Waals surface area (Å²) in [5.74, 6) is -1.08. The Labute approximate surface area is 273 Å². The molecule has 8 heteroatoms. The van der Waals surface area contributed by atoms with Crippen molar-refractivity contribution < 1.29 is 19.5 Å². The van der Waals surface area contributed by atoms with E-state index in [1.54, 1.807) is 0 Å². The van der Waals surface area contributed by atoms with Gasteiger partial charge in [-0.25, -0.2) is 4.58 Å². The molecular weight excluding hydrogens is 576 g/mol. The predicted octanol–water partition coefficient (Wildman–Crippen LogP) is 5.36. The van der Waals surface area contributed by atoms with E-state index in [0.717, 1.165) is 35.0 Å². The van der Waals surface area contributed by atoms with Gasteiger partial charge in [0.2, 0.25) is 23.0 Å². The maximum atomic E-state index is 14.2. The molecule has 0 aromatic heterocycles. The minimum absolute atomic E-state index is 0.110. The van der Waals surface area contributed by atoms with Crippen molar-refractivity contribution in [3.63, 3.8) is 0 Å². The Bertz CT molecular complexity index is 1770. The number of allylic oxidation sites excluding steroid dienone is 2. The fourth-order valence-corrected chi connectivity index (χ4v) is 7.36. The van der Waals surface area contributed by atoms with E-state index in [2.05, 4.69) is 61.7 Å². The van der Waals surface area contributed by atoms with Crippen molar-refractivity contribution in [3.05, 3.63) is 57.3 Å². The number of hydrogen-bond acceptors (Lipinski definition) is 5. The molecule has 2 aromatic rings. The SMILES string of the molecule is CCC(C)C(=O)Nc1cc2c(cc1C1=C(O)C(=c3cc4c(cc3NC(=O)C(C)CC)=[N+](C(C)C)C(C)C4)C1=O)CC(C)N2C(C)C. The summed E-state index contributed by atoms with van der Waals surface area (Å²) in [5.41, 5.74) is 5.19. The van der Waals surface area contributed by atoms with E-state index < -0.39 is 0 Å². The zero-order valence-corrected chi connectivity index (χ0v) is 29.2. The average Bonchev–Trinajstić information content (AvgIpc) is 3.50. The molecule has 0 radical (unpaired) electrons. The fraction of sp³-hybridized carbons (Fsp3) is 0.526. The van der Waals surface area contributed by atoms with E-state index in [1.807, 2.05) is 52.0 Å². The minimum atomic E-state index is -0.297. The van der Waals surface area contributed by atoms with Gasteiger partial charge in [0.25, 0.3) is 0 Å². The first-order valence-corrected chi connectivity index (χ1v) is 17.1. The molecule has 2 amide bonds. The Morgan fingerprint density at radius 3 is 2.02 bits per heavy atom. The zero-order chi connectivity index (χ0) is 33.8. The standard InChI is InChI=1S/C38H50N4O4/c1-11-21(7)37(45)39-29-17-31-25(13-23(9)41(31)19(3)4)15-27(29)33-35(43)34(36(33)44)28-16-26-14-24(10)42(20(5)6)32(26)18-30(28)40-38(46)22(8)12-2/h15-24H,11-14H2,1-10H3,(H2,39,40,43,44,45,46)/p+1. The van der Waals surface area contributed by atoms with Crippen LogP contribution in [0.15, 0.2) is 30.0 Å². The Balaban J connectivity index is 1.73. The Hall–Kier alpha value is -3.94. The molecule has 1 aliphatic carbocycles. The number of amides is 2. The number of nitrogens with zero attached hydrogens (tertiary/aromatic N) is 2. The monoisotopic (exact) mass is 627 g/mol. The number of hydrogen-bond donors (Lipinski definition) is 3. The molecule has 2 heterocycles. The highest BCUT2D eigenvalue weighted by Crippen LogP contribution is 2.45. The number of aliphatic hydroxyl groups excluding tert-OH is 1. The number of nitrogens with one attached hydrogen (secondary N) is 2. The van der Waals surface area contributed by atoms with Crippen molar-refractivity contribution in [2.75, 3.05) is 15.5 Å². The molecule has 5 rings (SSSR count). The van der Waals surface area contributed by atoms with Crippen molar-refractivity contribution in [2.45, 2.75) is 119 Å². The van der Waals surface area contributed by atoms with E-state index in [-0.39, 0.29) is 70.5 Å². The summed E-state index contributed by atoms with van der Waals surface area (Å²) in [6.07, 6.45) is 2.98. The van der Waals surface area contributed by atoms with Crippen LogP contribution in [0.25, 0.3) is 11.1 Å². The van der Waals surface area contributed by atoms with Gasteiger partial charge in [-0.1, -0.05) is 27.7 Å². The lowest BCUT2D eigenvalue weighted by molar-refractivity contribution is -0.120. The Morgan fingerprint density at radius 1 is 0.870 bits per heavy atom. The van der Waals surface area contributed by atoms with E-state index >= 15 is 0 Å². The first kappa shape index (κ1) is 33.4. The maximum absolute atomic E-state index is 14.2. The van der Waals surface area contributed by atoms with Gasteiger partial charge in [0, 0.05) is 58.4 Å². The first-order valence-electron chi connectivity index (χ1n) is 17.1. The third-order valence-electron chi connectivity index (χ3n) is 10.2. The second kappa shape index (κ2) is 12.7. The van der Waals surface area contributed by atoms with Gasteiger partial charge >= 0.3 is 0 Å². The maximum Gasteiger partial charge on any atom is 0.227 e. The van der Waals surface area contributed by atoms with Crippen LogP contribution in [0.1, 0.15) is 98.8 Å². The van der Waals surface area contributed by atoms with Crippen LogP contribution in [0.5, 0.6) is 0 Å². The van der Waals surface area contributed by atoms with Gasteiger partial charge in [0.05, 0.1) is 22.5 Å². The number of Topliss-reactive ketones (excluding diaryl/α,β-unsaturated/α-hetero) is 1. The van der Waals surface area contributed by atoms with Gasteiger partial charge in [-0.2, -0.15) is 0 Å². The van der Waals surface area contributed by atoms with E-state index in [9.17, 15) is 19.5 Å². The highest BCUT2D eigenvalue weighted by atomic mass is 16.3. The molecule has 3 aliphatic rings. The molecule has 0 fully saturated rings. The van der Waals surface area contributed by atoms with Crippen LogP contribution in [-0.2, 0) is 27.2 Å². The summed E-state index contributed by atoms with van der Waals surface area (Å²) in [6.45, 7) is 20.7. The van der Waals surface area contributed by atoms with E-state index in [4.69, 9.17) is 0 Å². The summed E-state index contributed by atoms with van der Waals surface area (Å²) in [7, 11) is 0. The second-order valence-corrected chi connectivity index (χ2v) is 14.2. The lowest BCUT2D eigenvalue weighted by atomic mass is 9.80. The summed E-state index contributed by atoms with van der Waals surface area (Å²) < 4.78 is 2.34. The van der Waals surface area contributed by atoms with Gasteiger partial charge in [-0.05, 0) is 84.6 Å². The van der Waals surface area contributed by atoms with Crippen LogP contribution in [-0.4, -0.2) is 46.9 Å². The number of carbonyl (C=O) groups is 3. The molecule has 0 bridgehead atoms. The molecule has 0 saturated carbocycles. The molecule has 46 heavy (non-hydrogen) atoms. The van der Waals surface area contributed by atoms with Crippen LogP contribution in [0.2, 0.25) is 0 Å². The number of aliphatic hydroxyl groups is 1. The summed E-state index contributed by atoms with van der Waals surface area (Å²) in [5, 5.41) is 19.5. The van der Waals surface area contributed by atoms with E-state index in [0.29, 0.717) is 35.0 Å². The van der Waals surface area contributed by atoms with Crippen LogP contribution < -0.4 is 30.7 Å². The van der Waals surface area contributed by atoms with Crippen LogP contribution in [0, 0.1) is 11.8 Å². The number of fused-ring (bicyclic) bond motifs is 2. The molecule has 4 unspecified atom stereocenters. The lowest BCUT2D eigenvalue weighted by Gasteiger charge is -2.30. The first-order chi connectivity index (χ1) is 21.7. The minimum Gasteiger partial charge on any atom is -0.506 e.